The van der Waals surface area contributed by atoms with Crippen LogP contribution in [0.25, 0.3) is 0 Å². The van der Waals surface area contributed by atoms with Gasteiger partial charge in [0.15, 0.2) is 0 Å². The van der Waals surface area contributed by atoms with Crippen LogP contribution in [0.4, 0.5) is 5.69 Å². The third-order valence-corrected chi connectivity index (χ3v) is 2.19. The number of carbonyl (C=O) groups is 2. The van der Waals surface area contributed by atoms with Crippen LogP contribution in [-0.4, -0.2) is 30.0 Å². The van der Waals surface area contributed by atoms with E-state index in [9.17, 15) is 9.59 Å². The molecule has 0 spiro atoms. The Hall–Kier alpha value is -1.91. The number of amides is 1. The molecule has 0 saturated carbocycles. The zero-order chi connectivity index (χ0) is 12.1. The van der Waals surface area contributed by atoms with E-state index in [1.807, 2.05) is 0 Å². The van der Waals surface area contributed by atoms with Gasteiger partial charge in [0.2, 0.25) is 5.91 Å². The number of pyridine rings is 1. The van der Waals surface area contributed by atoms with Crippen molar-refractivity contribution in [3.05, 3.63) is 24.5 Å². The Kier molecular flexibility index (Phi) is 3.99. The number of rotatable bonds is 3. The van der Waals surface area contributed by atoms with Crippen LogP contribution in [0.15, 0.2) is 24.5 Å². The minimum atomic E-state index is -0.660. The molecule has 5 heteroatoms. The highest BCUT2D eigenvalue weighted by Gasteiger charge is 2.25. The van der Waals surface area contributed by atoms with Crippen molar-refractivity contribution in [3.8, 4) is 0 Å². The Balaban J connectivity index is 3.01. The molecule has 1 heterocycles. The van der Waals surface area contributed by atoms with Crippen LogP contribution in [0, 0.1) is 0 Å². The predicted octanol–water partition coefficient (Wildman–Crippen LogP) is 0.996. The van der Waals surface area contributed by atoms with Gasteiger partial charge in [-0.1, -0.05) is 0 Å². The fourth-order valence-corrected chi connectivity index (χ4v) is 1.45. The maximum atomic E-state index is 11.5. The fourth-order valence-electron chi connectivity index (χ4n) is 1.45. The maximum Gasteiger partial charge on any atom is 0.328 e. The summed E-state index contributed by atoms with van der Waals surface area (Å²) in [5.41, 5.74) is 0.577. The molecule has 0 aliphatic heterocycles. The summed E-state index contributed by atoms with van der Waals surface area (Å²) in [6, 6.07) is 2.76. The molecule has 1 atom stereocenters. The average Bonchev–Trinajstić information content (AvgIpc) is 2.29. The zero-order valence-corrected chi connectivity index (χ0v) is 9.51. The lowest BCUT2D eigenvalue weighted by molar-refractivity contribution is -0.142. The summed E-state index contributed by atoms with van der Waals surface area (Å²) in [5.74, 6) is -0.690. The molecule has 86 valence electrons. The number of ether oxygens (including phenoxy) is 1. The lowest BCUT2D eigenvalue weighted by atomic mass is 10.2. The summed E-state index contributed by atoms with van der Waals surface area (Å²) in [6.07, 6.45) is 3.13. The number of aromatic nitrogens is 1. The van der Waals surface area contributed by atoms with Crippen LogP contribution in [0.3, 0.4) is 0 Å². The van der Waals surface area contributed by atoms with Gasteiger partial charge in [-0.15, -0.1) is 0 Å². The Bertz CT molecular complexity index is 378. The summed E-state index contributed by atoms with van der Waals surface area (Å²) in [4.78, 5) is 28.1. The molecule has 0 saturated heterocycles. The van der Waals surface area contributed by atoms with E-state index in [1.165, 1.54) is 25.1 Å². The molecule has 1 aromatic rings. The van der Waals surface area contributed by atoms with Crippen LogP contribution < -0.4 is 4.90 Å². The van der Waals surface area contributed by atoms with Crippen molar-refractivity contribution in [3.63, 3.8) is 0 Å². The molecule has 0 bridgehead atoms. The van der Waals surface area contributed by atoms with E-state index in [1.54, 1.807) is 25.3 Å². The van der Waals surface area contributed by atoms with Gasteiger partial charge in [-0.05, 0) is 19.1 Å². The predicted molar refractivity (Wildman–Crippen MR) is 58.9 cm³/mol. The number of hydrogen-bond acceptors (Lipinski definition) is 4. The second-order valence-corrected chi connectivity index (χ2v) is 3.30. The molecule has 0 fully saturated rings. The first-order valence-electron chi connectivity index (χ1n) is 4.85. The quantitative estimate of drug-likeness (QED) is 0.716. The topological polar surface area (TPSA) is 59.5 Å². The van der Waals surface area contributed by atoms with E-state index in [0.717, 1.165) is 0 Å². The summed E-state index contributed by atoms with van der Waals surface area (Å²) < 4.78 is 4.61. The number of carbonyl (C=O) groups excluding carboxylic acids is 2. The van der Waals surface area contributed by atoms with Gasteiger partial charge in [-0.3, -0.25) is 14.7 Å². The minimum Gasteiger partial charge on any atom is -0.467 e. The molecular weight excluding hydrogens is 208 g/mol. The van der Waals surface area contributed by atoms with Gasteiger partial charge < -0.3 is 4.74 Å². The Morgan fingerprint density at radius 2 is 2.19 bits per heavy atom. The zero-order valence-electron chi connectivity index (χ0n) is 9.51. The van der Waals surface area contributed by atoms with E-state index < -0.39 is 12.0 Å². The molecule has 0 aliphatic carbocycles. The summed E-state index contributed by atoms with van der Waals surface area (Å²) in [5, 5.41) is 0. The van der Waals surface area contributed by atoms with Gasteiger partial charge >= 0.3 is 5.97 Å². The molecule has 0 aliphatic rings. The molecule has 0 radical (unpaired) electrons. The van der Waals surface area contributed by atoms with Crippen LogP contribution in [-0.2, 0) is 14.3 Å². The van der Waals surface area contributed by atoms with E-state index in [-0.39, 0.29) is 5.91 Å². The average molecular weight is 222 g/mol. The van der Waals surface area contributed by atoms with Crippen LogP contribution >= 0.6 is 0 Å². The third kappa shape index (κ3) is 2.56. The Labute approximate surface area is 94.0 Å². The molecule has 1 amide bonds. The van der Waals surface area contributed by atoms with Gasteiger partial charge in [0.25, 0.3) is 0 Å². The number of esters is 1. The van der Waals surface area contributed by atoms with Crippen molar-refractivity contribution in [1.82, 2.24) is 4.98 Å². The monoisotopic (exact) mass is 222 g/mol. The lowest BCUT2D eigenvalue weighted by Gasteiger charge is -2.25. The van der Waals surface area contributed by atoms with Gasteiger partial charge in [0, 0.05) is 13.1 Å². The van der Waals surface area contributed by atoms with Gasteiger partial charge in [-0.25, -0.2) is 4.79 Å². The van der Waals surface area contributed by atoms with Crippen molar-refractivity contribution in [2.45, 2.75) is 19.9 Å². The van der Waals surface area contributed by atoms with E-state index in [0.29, 0.717) is 5.69 Å². The number of anilines is 1. The van der Waals surface area contributed by atoms with Crippen molar-refractivity contribution in [1.29, 1.82) is 0 Å². The molecule has 1 rings (SSSR count). The molecule has 16 heavy (non-hydrogen) atoms. The standard InChI is InChI=1S/C11H14N2O3/c1-8(11(15)16-3)13(9(2)14)10-5-4-6-12-7-10/h4-8H,1-3H3. The van der Waals surface area contributed by atoms with E-state index >= 15 is 0 Å². The molecule has 1 unspecified atom stereocenters. The summed E-state index contributed by atoms with van der Waals surface area (Å²) >= 11 is 0. The largest absolute Gasteiger partial charge is 0.467 e. The third-order valence-electron chi connectivity index (χ3n) is 2.19. The molecule has 1 aromatic heterocycles. The number of methoxy groups -OCH3 is 1. The summed E-state index contributed by atoms with van der Waals surface area (Å²) in [7, 11) is 1.29. The van der Waals surface area contributed by atoms with Crippen LogP contribution in [0.1, 0.15) is 13.8 Å². The van der Waals surface area contributed by atoms with Crippen molar-refractivity contribution in [2.24, 2.45) is 0 Å². The highest BCUT2D eigenvalue weighted by molar-refractivity contribution is 5.97. The van der Waals surface area contributed by atoms with Gasteiger partial charge in [0.05, 0.1) is 19.0 Å². The molecular formula is C11H14N2O3. The minimum absolute atomic E-state index is 0.231. The van der Waals surface area contributed by atoms with Crippen molar-refractivity contribution >= 4 is 17.6 Å². The molecule has 0 N–H and O–H groups in total. The van der Waals surface area contributed by atoms with Crippen LogP contribution in [0.5, 0.6) is 0 Å². The summed E-state index contributed by atoms with van der Waals surface area (Å²) in [6.45, 7) is 3.01. The number of nitrogens with zero attached hydrogens (tertiary/aromatic N) is 2. The highest BCUT2D eigenvalue weighted by Crippen LogP contribution is 2.16. The smallest absolute Gasteiger partial charge is 0.328 e. The maximum absolute atomic E-state index is 11.5. The fraction of sp³-hybridized carbons (Fsp3) is 0.364. The Morgan fingerprint density at radius 1 is 1.50 bits per heavy atom. The van der Waals surface area contributed by atoms with Gasteiger partial charge in [-0.2, -0.15) is 0 Å². The highest BCUT2D eigenvalue weighted by atomic mass is 16.5. The van der Waals surface area contributed by atoms with Crippen molar-refractivity contribution < 1.29 is 14.3 Å². The molecule has 5 nitrogen and oxygen atoms in total. The van der Waals surface area contributed by atoms with E-state index in [2.05, 4.69) is 9.72 Å². The lowest BCUT2D eigenvalue weighted by Crippen LogP contribution is -2.42. The van der Waals surface area contributed by atoms with E-state index in [4.69, 9.17) is 0 Å². The normalized spacial score (nSPS) is 11.7. The van der Waals surface area contributed by atoms with Gasteiger partial charge in [0.1, 0.15) is 6.04 Å². The van der Waals surface area contributed by atoms with Crippen LogP contribution in [0.2, 0.25) is 0 Å². The second-order valence-electron chi connectivity index (χ2n) is 3.30. The Morgan fingerprint density at radius 3 is 2.62 bits per heavy atom. The second kappa shape index (κ2) is 5.25. The molecule has 0 aromatic carbocycles. The number of hydrogen-bond donors (Lipinski definition) is 0. The SMILES string of the molecule is COC(=O)C(C)N(C(C)=O)c1cccnc1. The first kappa shape index (κ1) is 12.2. The first-order chi connectivity index (χ1) is 7.57. The van der Waals surface area contributed by atoms with Crippen molar-refractivity contribution in [2.75, 3.05) is 12.0 Å². The first-order valence-corrected chi connectivity index (χ1v) is 4.85.